The van der Waals surface area contributed by atoms with E-state index in [1.165, 1.54) is 6.92 Å². The zero-order chi connectivity index (χ0) is 9.28. The molecular weight excluding hydrogens is 185 g/mol. The second-order valence-corrected chi connectivity index (χ2v) is 5.40. The van der Waals surface area contributed by atoms with Gasteiger partial charge in [-0.25, -0.2) is 0 Å². The molecule has 0 radical (unpaired) electrons. The highest BCUT2D eigenvalue weighted by Crippen LogP contribution is 2.47. The van der Waals surface area contributed by atoms with Crippen molar-refractivity contribution in [3.8, 4) is 0 Å². The van der Waals surface area contributed by atoms with Crippen LogP contribution in [-0.2, 0) is 4.57 Å². The molecule has 2 atom stereocenters. The standard InChI is InChI=1S/C5H14NO3PS/c1-3-5(6,11)4(2)10(7,8)9/h4,11H,3,6H2,1-2H3,(H2,7,8,9). The van der Waals surface area contributed by atoms with Crippen LogP contribution in [0, 0.1) is 0 Å². The minimum absolute atomic E-state index is 0.419. The monoisotopic (exact) mass is 199 g/mol. The summed E-state index contributed by atoms with van der Waals surface area (Å²) in [6, 6.07) is 0. The first kappa shape index (κ1) is 11.5. The molecular formula is C5H14NO3PS. The van der Waals surface area contributed by atoms with Crippen molar-refractivity contribution in [2.45, 2.75) is 30.8 Å². The Morgan fingerprint density at radius 2 is 2.09 bits per heavy atom. The van der Waals surface area contributed by atoms with Gasteiger partial charge in [-0.1, -0.05) is 6.92 Å². The van der Waals surface area contributed by atoms with Crippen LogP contribution in [0.5, 0.6) is 0 Å². The van der Waals surface area contributed by atoms with Gasteiger partial charge in [0.05, 0.1) is 10.5 Å². The summed E-state index contributed by atoms with van der Waals surface area (Å²) in [6.07, 6.45) is 0.419. The van der Waals surface area contributed by atoms with Gasteiger partial charge >= 0.3 is 7.60 Å². The molecule has 2 unspecified atom stereocenters. The van der Waals surface area contributed by atoms with Crippen LogP contribution in [-0.4, -0.2) is 20.3 Å². The fourth-order valence-electron chi connectivity index (χ4n) is 0.587. The second kappa shape index (κ2) is 3.46. The maximum atomic E-state index is 10.7. The third-order valence-corrected chi connectivity index (χ3v) is 4.17. The summed E-state index contributed by atoms with van der Waals surface area (Å²) in [7, 11) is -4.10. The molecule has 68 valence electrons. The van der Waals surface area contributed by atoms with Gasteiger partial charge in [-0.05, 0) is 13.3 Å². The fraction of sp³-hybridized carbons (Fsp3) is 1.00. The first-order chi connectivity index (χ1) is 4.72. The molecule has 0 saturated heterocycles. The largest absolute Gasteiger partial charge is 0.331 e. The first-order valence-electron chi connectivity index (χ1n) is 3.28. The van der Waals surface area contributed by atoms with E-state index in [-0.39, 0.29) is 0 Å². The molecule has 6 heteroatoms. The molecule has 0 aromatic heterocycles. The smallest absolute Gasteiger partial charge is 0.324 e. The SMILES string of the molecule is CCC(N)(S)C(C)P(=O)(O)O. The minimum Gasteiger partial charge on any atom is -0.324 e. The molecule has 11 heavy (non-hydrogen) atoms. The molecule has 4 nitrogen and oxygen atoms in total. The van der Waals surface area contributed by atoms with E-state index in [4.69, 9.17) is 15.5 Å². The summed E-state index contributed by atoms with van der Waals surface area (Å²) in [4.78, 5) is 16.4. The Kier molecular flexibility index (Phi) is 3.60. The van der Waals surface area contributed by atoms with Gasteiger partial charge in [0.25, 0.3) is 0 Å². The molecule has 4 N–H and O–H groups in total. The maximum Gasteiger partial charge on any atom is 0.331 e. The van der Waals surface area contributed by atoms with Crippen molar-refractivity contribution in [3.05, 3.63) is 0 Å². The van der Waals surface area contributed by atoms with Crippen LogP contribution in [0.3, 0.4) is 0 Å². The highest BCUT2D eigenvalue weighted by molar-refractivity contribution is 7.82. The van der Waals surface area contributed by atoms with Gasteiger partial charge in [0.1, 0.15) is 0 Å². The lowest BCUT2D eigenvalue weighted by Gasteiger charge is -2.29. The number of hydrogen-bond donors (Lipinski definition) is 4. The molecule has 0 heterocycles. The normalized spacial score (nSPS) is 20.9. The molecule has 0 saturated carbocycles. The summed E-state index contributed by atoms with van der Waals surface area (Å²) in [5, 5.41) is 0. The second-order valence-electron chi connectivity index (χ2n) is 2.61. The van der Waals surface area contributed by atoms with Gasteiger partial charge in [-0.3, -0.25) is 4.57 Å². The lowest BCUT2D eigenvalue weighted by molar-refractivity contribution is 0.346. The van der Waals surface area contributed by atoms with Gasteiger partial charge in [-0.15, -0.1) is 0 Å². The average molecular weight is 199 g/mol. The molecule has 0 aliphatic heterocycles. The van der Waals surface area contributed by atoms with Crippen molar-refractivity contribution >= 4 is 20.2 Å². The van der Waals surface area contributed by atoms with Crippen molar-refractivity contribution in [3.63, 3.8) is 0 Å². The summed E-state index contributed by atoms with van der Waals surface area (Å²) < 4.78 is 10.7. The molecule has 0 aromatic carbocycles. The van der Waals surface area contributed by atoms with E-state index in [0.29, 0.717) is 6.42 Å². The van der Waals surface area contributed by atoms with E-state index >= 15 is 0 Å². The molecule has 0 amide bonds. The number of rotatable bonds is 3. The number of nitrogens with two attached hydrogens (primary N) is 1. The van der Waals surface area contributed by atoms with E-state index < -0.39 is 18.1 Å². The zero-order valence-electron chi connectivity index (χ0n) is 6.56. The number of hydrogen-bond acceptors (Lipinski definition) is 3. The van der Waals surface area contributed by atoms with Crippen molar-refractivity contribution in [2.75, 3.05) is 0 Å². The molecule has 0 aromatic rings. The highest BCUT2D eigenvalue weighted by Gasteiger charge is 2.38. The third kappa shape index (κ3) is 3.13. The lowest BCUT2D eigenvalue weighted by Crippen LogP contribution is -2.43. The van der Waals surface area contributed by atoms with Crippen LogP contribution in [0.2, 0.25) is 0 Å². The van der Waals surface area contributed by atoms with Gasteiger partial charge < -0.3 is 15.5 Å². The third-order valence-electron chi connectivity index (χ3n) is 1.79. The Morgan fingerprint density at radius 1 is 1.73 bits per heavy atom. The van der Waals surface area contributed by atoms with E-state index in [1.54, 1.807) is 6.92 Å². The zero-order valence-corrected chi connectivity index (χ0v) is 8.35. The van der Waals surface area contributed by atoms with Gasteiger partial charge in [0, 0.05) is 0 Å². The molecule has 0 aliphatic rings. The molecule has 0 spiro atoms. The van der Waals surface area contributed by atoms with Gasteiger partial charge in [-0.2, -0.15) is 12.6 Å². The van der Waals surface area contributed by atoms with Gasteiger partial charge in [0.2, 0.25) is 0 Å². The Labute approximate surface area is 71.7 Å². The molecule has 0 fully saturated rings. The molecule has 0 bridgehead atoms. The summed E-state index contributed by atoms with van der Waals surface area (Å²) in [5.74, 6) is 0. The molecule has 0 aliphatic carbocycles. The van der Waals surface area contributed by atoms with Crippen molar-refractivity contribution in [1.82, 2.24) is 0 Å². The van der Waals surface area contributed by atoms with Crippen LogP contribution in [0.1, 0.15) is 20.3 Å². The van der Waals surface area contributed by atoms with E-state index in [0.717, 1.165) is 0 Å². The summed E-state index contributed by atoms with van der Waals surface area (Å²) in [5.41, 5.74) is 4.60. The Balaban J connectivity index is 4.49. The Morgan fingerprint density at radius 3 is 2.18 bits per heavy atom. The van der Waals surface area contributed by atoms with Crippen molar-refractivity contribution < 1.29 is 14.4 Å². The summed E-state index contributed by atoms with van der Waals surface area (Å²) in [6.45, 7) is 3.14. The van der Waals surface area contributed by atoms with Crippen LogP contribution in [0.4, 0.5) is 0 Å². The average Bonchev–Trinajstić information content (AvgIpc) is 1.84. The lowest BCUT2D eigenvalue weighted by atomic mass is 10.2. The van der Waals surface area contributed by atoms with Crippen molar-refractivity contribution in [2.24, 2.45) is 5.73 Å². The van der Waals surface area contributed by atoms with Crippen LogP contribution < -0.4 is 5.73 Å². The topological polar surface area (TPSA) is 83.6 Å². The fourth-order valence-corrected chi connectivity index (χ4v) is 1.80. The molecule has 0 rings (SSSR count). The van der Waals surface area contributed by atoms with Crippen molar-refractivity contribution in [1.29, 1.82) is 0 Å². The van der Waals surface area contributed by atoms with Gasteiger partial charge in [0.15, 0.2) is 0 Å². The minimum atomic E-state index is -4.10. The summed E-state index contributed by atoms with van der Waals surface area (Å²) >= 11 is 3.96. The Hall–Kier alpha value is 0.460. The van der Waals surface area contributed by atoms with Crippen LogP contribution in [0.15, 0.2) is 0 Å². The Bertz CT molecular complexity index is 179. The van der Waals surface area contributed by atoms with Crippen LogP contribution in [0.25, 0.3) is 0 Å². The van der Waals surface area contributed by atoms with Crippen LogP contribution >= 0.6 is 20.2 Å². The predicted molar refractivity (Wildman–Crippen MR) is 47.7 cm³/mol. The highest BCUT2D eigenvalue weighted by atomic mass is 32.1. The van der Waals surface area contributed by atoms with E-state index in [2.05, 4.69) is 12.6 Å². The predicted octanol–water partition coefficient (Wildman–Crippen LogP) is 0.547. The van der Waals surface area contributed by atoms with E-state index in [9.17, 15) is 4.57 Å². The number of thiol groups is 1. The first-order valence-corrected chi connectivity index (χ1v) is 5.41. The maximum absolute atomic E-state index is 10.7. The quantitative estimate of drug-likeness (QED) is 0.304. The van der Waals surface area contributed by atoms with E-state index in [1.807, 2.05) is 0 Å².